The number of hydrogen-bond acceptors (Lipinski definition) is 1. The molecule has 1 saturated carbocycles. The van der Waals surface area contributed by atoms with Crippen LogP contribution in [0.1, 0.15) is 16.8 Å². The molecule has 1 amide bonds. The highest BCUT2D eigenvalue weighted by atomic mass is 79.9. The van der Waals surface area contributed by atoms with Crippen LogP contribution in [0.3, 0.4) is 0 Å². The third-order valence-corrected chi connectivity index (χ3v) is 5.57. The van der Waals surface area contributed by atoms with E-state index in [4.69, 9.17) is 0 Å². The number of likely N-dealkylation sites (tertiary alicyclic amines) is 1. The fraction of sp³-hybridized carbons (Fsp3) is 0.438. The minimum absolute atomic E-state index is 0.196. The standard InChI is InChI=1S/C16H16BrNO/c17-13-5-3-10(4-6-13)16(19)18-8-14-11-1-2-12(7-11)15(14)9-18/h1-6,11-12,14-15H,7-9H2/t11-,12+,14+,15-. The number of fused-ring (bicyclic) bond motifs is 5. The van der Waals surface area contributed by atoms with Gasteiger partial charge >= 0.3 is 0 Å². The molecule has 0 radical (unpaired) electrons. The molecule has 98 valence electrons. The van der Waals surface area contributed by atoms with E-state index in [1.807, 2.05) is 24.3 Å². The highest BCUT2D eigenvalue weighted by molar-refractivity contribution is 9.10. The molecule has 19 heavy (non-hydrogen) atoms. The van der Waals surface area contributed by atoms with Gasteiger partial charge in [0.1, 0.15) is 0 Å². The average Bonchev–Trinajstić information content (AvgIpc) is 3.11. The number of rotatable bonds is 1. The van der Waals surface area contributed by atoms with Gasteiger partial charge in [0, 0.05) is 23.1 Å². The van der Waals surface area contributed by atoms with Gasteiger partial charge in [-0.25, -0.2) is 0 Å². The first-order chi connectivity index (χ1) is 9.22. The van der Waals surface area contributed by atoms with E-state index in [-0.39, 0.29) is 5.91 Å². The zero-order valence-corrected chi connectivity index (χ0v) is 12.2. The van der Waals surface area contributed by atoms with E-state index >= 15 is 0 Å². The van der Waals surface area contributed by atoms with Crippen molar-refractivity contribution in [1.82, 2.24) is 4.90 Å². The monoisotopic (exact) mass is 317 g/mol. The predicted molar refractivity (Wildman–Crippen MR) is 77.8 cm³/mol. The first kappa shape index (κ1) is 11.7. The third kappa shape index (κ3) is 1.78. The summed E-state index contributed by atoms with van der Waals surface area (Å²) < 4.78 is 1.02. The number of carbonyl (C=O) groups excluding carboxylic acids is 1. The van der Waals surface area contributed by atoms with Crippen molar-refractivity contribution < 1.29 is 4.79 Å². The smallest absolute Gasteiger partial charge is 0.253 e. The predicted octanol–water partition coefficient (Wildman–Crippen LogP) is 3.34. The second-order valence-corrected chi connectivity index (χ2v) is 6.91. The molecule has 1 saturated heterocycles. The van der Waals surface area contributed by atoms with Crippen LogP contribution in [-0.2, 0) is 0 Å². The molecule has 3 heteroatoms. The molecule has 3 aliphatic rings. The molecular formula is C16H16BrNO. The normalized spacial score (nSPS) is 34.9. The summed E-state index contributed by atoms with van der Waals surface area (Å²) in [5.41, 5.74) is 0.809. The molecule has 1 aromatic carbocycles. The van der Waals surface area contributed by atoms with E-state index in [1.54, 1.807) is 0 Å². The summed E-state index contributed by atoms with van der Waals surface area (Å²) in [5.74, 6) is 3.10. The number of allylic oxidation sites excluding steroid dienone is 2. The minimum atomic E-state index is 0.196. The van der Waals surface area contributed by atoms with Gasteiger partial charge in [-0.2, -0.15) is 0 Å². The van der Waals surface area contributed by atoms with Gasteiger partial charge in [0.05, 0.1) is 0 Å². The van der Waals surface area contributed by atoms with E-state index in [0.29, 0.717) is 0 Å². The summed E-state index contributed by atoms with van der Waals surface area (Å²) in [5, 5.41) is 0. The van der Waals surface area contributed by atoms with Crippen LogP contribution in [0.4, 0.5) is 0 Å². The van der Waals surface area contributed by atoms with Crippen LogP contribution in [0.15, 0.2) is 40.9 Å². The molecule has 1 aromatic rings. The largest absolute Gasteiger partial charge is 0.338 e. The summed E-state index contributed by atoms with van der Waals surface area (Å²) in [6.07, 6.45) is 6.08. The average molecular weight is 318 g/mol. The van der Waals surface area contributed by atoms with Crippen molar-refractivity contribution in [2.75, 3.05) is 13.1 Å². The molecule has 2 aliphatic carbocycles. The Morgan fingerprint density at radius 1 is 1.05 bits per heavy atom. The number of benzene rings is 1. The van der Waals surface area contributed by atoms with Crippen molar-refractivity contribution in [1.29, 1.82) is 0 Å². The van der Waals surface area contributed by atoms with Crippen molar-refractivity contribution >= 4 is 21.8 Å². The molecule has 0 N–H and O–H groups in total. The van der Waals surface area contributed by atoms with Crippen LogP contribution in [-0.4, -0.2) is 23.9 Å². The van der Waals surface area contributed by atoms with E-state index in [2.05, 4.69) is 33.0 Å². The Labute approximate surface area is 121 Å². The Bertz CT molecular complexity index is 530. The second-order valence-electron chi connectivity index (χ2n) is 5.99. The van der Waals surface area contributed by atoms with Crippen molar-refractivity contribution in [2.45, 2.75) is 6.42 Å². The molecule has 2 fully saturated rings. The van der Waals surface area contributed by atoms with Crippen molar-refractivity contribution in [3.8, 4) is 0 Å². The van der Waals surface area contributed by atoms with Gasteiger partial charge in [-0.05, 0) is 54.4 Å². The number of hydrogen-bond donors (Lipinski definition) is 0. The van der Waals surface area contributed by atoms with Gasteiger partial charge < -0.3 is 4.90 Å². The maximum absolute atomic E-state index is 12.5. The maximum atomic E-state index is 12.5. The topological polar surface area (TPSA) is 20.3 Å². The SMILES string of the molecule is O=C(c1ccc(Br)cc1)N1C[C@@H]2[C@H](C1)[C@H]1C=C[C@@H]2C1. The van der Waals surface area contributed by atoms with Crippen LogP contribution < -0.4 is 0 Å². The first-order valence-corrected chi connectivity index (χ1v) is 7.75. The van der Waals surface area contributed by atoms with Gasteiger partial charge in [-0.3, -0.25) is 4.79 Å². The van der Waals surface area contributed by atoms with Crippen molar-refractivity contribution in [2.24, 2.45) is 23.7 Å². The van der Waals surface area contributed by atoms with Crippen LogP contribution in [0.5, 0.6) is 0 Å². The van der Waals surface area contributed by atoms with Gasteiger partial charge in [0.25, 0.3) is 5.91 Å². The number of carbonyl (C=O) groups is 1. The molecule has 4 atom stereocenters. The fourth-order valence-corrected chi connectivity index (χ4v) is 4.36. The molecule has 1 aliphatic heterocycles. The Morgan fingerprint density at radius 2 is 1.63 bits per heavy atom. The Hall–Kier alpha value is -1.09. The number of amides is 1. The Morgan fingerprint density at radius 3 is 2.21 bits per heavy atom. The number of nitrogens with zero attached hydrogens (tertiary/aromatic N) is 1. The lowest BCUT2D eigenvalue weighted by Crippen LogP contribution is -2.30. The molecule has 0 unspecified atom stereocenters. The maximum Gasteiger partial charge on any atom is 0.253 e. The molecule has 0 spiro atoms. The Balaban J connectivity index is 1.53. The summed E-state index contributed by atoms with van der Waals surface area (Å²) in [6.45, 7) is 1.90. The zero-order valence-electron chi connectivity index (χ0n) is 10.6. The highest BCUT2D eigenvalue weighted by Gasteiger charge is 2.50. The molecule has 2 bridgehead atoms. The zero-order chi connectivity index (χ0) is 13.0. The van der Waals surface area contributed by atoms with Crippen LogP contribution >= 0.6 is 15.9 Å². The van der Waals surface area contributed by atoms with Gasteiger partial charge in [0.15, 0.2) is 0 Å². The summed E-state index contributed by atoms with van der Waals surface area (Å²) in [7, 11) is 0. The quantitative estimate of drug-likeness (QED) is 0.727. The van der Waals surface area contributed by atoms with E-state index in [0.717, 1.165) is 46.8 Å². The van der Waals surface area contributed by atoms with Gasteiger partial charge in [-0.1, -0.05) is 28.1 Å². The molecule has 2 nitrogen and oxygen atoms in total. The van der Waals surface area contributed by atoms with E-state index in [9.17, 15) is 4.79 Å². The van der Waals surface area contributed by atoms with Crippen LogP contribution in [0.25, 0.3) is 0 Å². The lowest BCUT2D eigenvalue weighted by Gasteiger charge is -2.18. The summed E-state index contributed by atoms with van der Waals surface area (Å²) >= 11 is 3.41. The second kappa shape index (κ2) is 4.20. The molecular weight excluding hydrogens is 302 g/mol. The van der Waals surface area contributed by atoms with E-state index < -0.39 is 0 Å². The molecule has 1 heterocycles. The number of halogens is 1. The van der Waals surface area contributed by atoms with Crippen molar-refractivity contribution in [3.63, 3.8) is 0 Å². The lowest BCUT2D eigenvalue weighted by molar-refractivity contribution is 0.0777. The van der Waals surface area contributed by atoms with Gasteiger partial charge in [0.2, 0.25) is 0 Å². The van der Waals surface area contributed by atoms with Crippen LogP contribution in [0.2, 0.25) is 0 Å². The van der Waals surface area contributed by atoms with Crippen molar-refractivity contribution in [3.05, 3.63) is 46.5 Å². The minimum Gasteiger partial charge on any atom is -0.338 e. The van der Waals surface area contributed by atoms with E-state index in [1.165, 1.54) is 6.42 Å². The molecule has 4 rings (SSSR count). The van der Waals surface area contributed by atoms with Gasteiger partial charge in [-0.15, -0.1) is 0 Å². The Kier molecular flexibility index (Phi) is 2.59. The fourth-order valence-electron chi connectivity index (χ4n) is 4.09. The molecule has 0 aromatic heterocycles. The summed E-state index contributed by atoms with van der Waals surface area (Å²) in [4.78, 5) is 14.6. The van der Waals surface area contributed by atoms with Crippen LogP contribution in [0, 0.1) is 23.7 Å². The summed E-state index contributed by atoms with van der Waals surface area (Å²) in [6, 6.07) is 7.70. The lowest BCUT2D eigenvalue weighted by atomic mass is 9.86. The first-order valence-electron chi connectivity index (χ1n) is 6.95. The third-order valence-electron chi connectivity index (χ3n) is 5.04. The highest BCUT2D eigenvalue weighted by Crippen LogP contribution is 2.51.